The van der Waals surface area contributed by atoms with Crippen LogP contribution in [0.4, 0.5) is 0 Å². The maximum absolute atomic E-state index is 5.50. The van der Waals surface area contributed by atoms with Gasteiger partial charge in [-0.1, -0.05) is 24.3 Å². The number of hydrogen-bond acceptors (Lipinski definition) is 2. The molecule has 1 aliphatic carbocycles. The van der Waals surface area contributed by atoms with Crippen LogP contribution in [0.25, 0.3) is 0 Å². The zero-order valence-corrected chi connectivity index (χ0v) is 9.11. The highest BCUT2D eigenvalue weighted by Crippen LogP contribution is 2.17. The second-order valence-corrected chi connectivity index (χ2v) is 3.33. The van der Waals surface area contributed by atoms with Crippen molar-refractivity contribution in [2.45, 2.75) is 33.0 Å². The number of allylic oxidation sites excluding steroid dienone is 4. The normalized spacial score (nSPS) is 16.8. The third-order valence-corrected chi connectivity index (χ3v) is 2.21. The van der Waals surface area contributed by atoms with E-state index >= 15 is 0 Å². The standard InChI is InChI=1S/C12H20O2/c1-3-13-12(14-4-2)10-11-8-6-5-7-9-11/h6-9,11-12H,3-5,10H2,1-2H3. The predicted molar refractivity (Wildman–Crippen MR) is 58.0 cm³/mol. The molecule has 0 atom stereocenters. The highest BCUT2D eigenvalue weighted by atomic mass is 16.7. The molecule has 0 radical (unpaired) electrons. The van der Waals surface area contributed by atoms with E-state index in [1.54, 1.807) is 0 Å². The Labute approximate surface area is 86.6 Å². The van der Waals surface area contributed by atoms with Gasteiger partial charge in [-0.3, -0.25) is 0 Å². The van der Waals surface area contributed by atoms with Gasteiger partial charge in [0, 0.05) is 19.6 Å². The summed E-state index contributed by atoms with van der Waals surface area (Å²) < 4.78 is 11.0. The molecule has 0 saturated carbocycles. The van der Waals surface area contributed by atoms with Crippen LogP contribution in [0, 0.1) is 5.92 Å². The Morgan fingerprint density at radius 1 is 1.14 bits per heavy atom. The topological polar surface area (TPSA) is 18.5 Å². The Kier molecular flexibility index (Phi) is 5.57. The first-order chi connectivity index (χ1) is 6.86. The highest BCUT2D eigenvalue weighted by Gasteiger charge is 2.13. The second-order valence-electron chi connectivity index (χ2n) is 3.33. The molecule has 0 bridgehead atoms. The Morgan fingerprint density at radius 2 is 1.71 bits per heavy atom. The minimum atomic E-state index is -0.0533. The molecule has 2 heteroatoms. The molecule has 0 saturated heterocycles. The molecule has 0 unspecified atom stereocenters. The maximum Gasteiger partial charge on any atom is 0.158 e. The molecule has 0 heterocycles. The van der Waals surface area contributed by atoms with E-state index < -0.39 is 0 Å². The summed E-state index contributed by atoms with van der Waals surface area (Å²) in [5.41, 5.74) is 0. The molecule has 0 aromatic rings. The van der Waals surface area contributed by atoms with Crippen LogP contribution in [0.2, 0.25) is 0 Å². The Hall–Kier alpha value is -0.600. The zero-order chi connectivity index (χ0) is 10.2. The fraction of sp³-hybridized carbons (Fsp3) is 0.667. The molecule has 0 aliphatic heterocycles. The molecule has 0 amide bonds. The van der Waals surface area contributed by atoms with Crippen molar-refractivity contribution < 1.29 is 9.47 Å². The van der Waals surface area contributed by atoms with Gasteiger partial charge in [0.15, 0.2) is 6.29 Å². The van der Waals surface area contributed by atoms with E-state index in [1.165, 1.54) is 0 Å². The third kappa shape index (κ3) is 4.07. The Balaban J connectivity index is 2.33. The summed E-state index contributed by atoms with van der Waals surface area (Å²) in [6, 6.07) is 0. The third-order valence-electron chi connectivity index (χ3n) is 2.21. The van der Waals surface area contributed by atoms with E-state index in [0.717, 1.165) is 12.8 Å². The van der Waals surface area contributed by atoms with E-state index in [0.29, 0.717) is 19.1 Å². The van der Waals surface area contributed by atoms with Crippen molar-refractivity contribution in [3.8, 4) is 0 Å². The summed E-state index contributed by atoms with van der Waals surface area (Å²) in [5, 5.41) is 0. The van der Waals surface area contributed by atoms with Crippen molar-refractivity contribution in [2.75, 3.05) is 13.2 Å². The minimum Gasteiger partial charge on any atom is -0.353 e. The van der Waals surface area contributed by atoms with Crippen LogP contribution in [0.15, 0.2) is 24.3 Å². The summed E-state index contributed by atoms with van der Waals surface area (Å²) in [6.07, 6.45) is 10.8. The number of ether oxygens (including phenoxy) is 2. The zero-order valence-electron chi connectivity index (χ0n) is 9.11. The predicted octanol–water partition coefficient (Wildman–Crippen LogP) is 2.91. The fourth-order valence-corrected chi connectivity index (χ4v) is 1.58. The van der Waals surface area contributed by atoms with Gasteiger partial charge >= 0.3 is 0 Å². The fourth-order valence-electron chi connectivity index (χ4n) is 1.58. The van der Waals surface area contributed by atoms with Crippen molar-refractivity contribution in [3.63, 3.8) is 0 Å². The van der Waals surface area contributed by atoms with Crippen LogP contribution in [-0.2, 0) is 9.47 Å². The van der Waals surface area contributed by atoms with Crippen molar-refractivity contribution in [2.24, 2.45) is 5.92 Å². The summed E-state index contributed by atoms with van der Waals surface area (Å²) in [4.78, 5) is 0. The summed E-state index contributed by atoms with van der Waals surface area (Å²) >= 11 is 0. The summed E-state index contributed by atoms with van der Waals surface area (Å²) in [7, 11) is 0. The van der Waals surface area contributed by atoms with Crippen LogP contribution >= 0.6 is 0 Å². The molecule has 0 aromatic carbocycles. The van der Waals surface area contributed by atoms with Crippen LogP contribution in [-0.4, -0.2) is 19.5 Å². The number of hydrogen-bond donors (Lipinski definition) is 0. The lowest BCUT2D eigenvalue weighted by atomic mass is 9.99. The SMILES string of the molecule is CCOC(CC1C=CCC=C1)OCC. The molecule has 0 spiro atoms. The molecule has 1 aliphatic rings. The average Bonchev–Trinajstić information content (AvgIpc) is 2.20. The van der Waals surface area contributed by atoms with E-state index in [1.807, 2.05) is 13.8 Å². The summed E-state index contributed by atoms with van der Waals surface area (Å²) in [6.45, 7) is 5.42. The molecule has 0 fully saturated rings. The van der Waals surface area contributed by atoms with Crippen LogP contribution < -0.4 is 0 Å². The molecule has 14 heavy (non-hydrogen) atoms. The van der Waals surface area contributed by atoms with Gasteiger partial charge in [-0.2, -0.15) is 0 Å². The molecule has 80 valence electrons. The van der Waals surface area contributed by atoms with Gasteiger partial charge in [-0.15, -0.1) is 0 Å². The monoisotopic (exact) mass is 196 g/mol. The molecule has 2 nitrogen and oxygen atoms in total. The van der Waals surface area contributed by atoms with Crippen molar-refractivity contribution in [1.82, 2.24) is 0 Å². The second kappa shape index (κ2) is 6.80. The maximum atomic E-state index is 5.50. The lowest BCUT2D eigenvalue weighted by molar-refractivity contribution is -0.142. The first kappa shape index (κ1) is 11.5. The average molecular weight is 196 g/mol. The van der Waals surface area contributed by atoms with Crippen LogP contribution in [0.5, 0.6) is 0 Å². The van der Waals surface area contributed by atoms with Crippen LogP contribution in [0.3, 0.4) is 0 Å². The number of rotatable bonds is 6. The molecule has 0 N–H and O–H groups in total. The largest absolute Gasteiger partial charge is 0.353 e. The quantitative estimate of drug-likeness (QED) is 0.480. The van der Waals surface area contributed by atoms with E-state index in [9.17, 15) is 0 Å². The van der Waals surface area contributed by atoms with E-state index in [2.05, 4.69) is 24.3 Å². The smallest absolute Gasteiger partial charge is 0.158 e. The lowest BCUT2D eigenvalue weighted by Gasteiger charge is -2.20. The van der Waals surface area contributed by atoms with Crippen molar-refractivity contribution >= 4 is 0 Å². The van der Waals surface area contributed by atoms with Gasteiger partial charge in [-0.25, -0.2) is 0 Å². The molecule has 1 rings (SSSR count). The van der Waals surface area contributed by atoms with Crippen molar-refractivity contribution in [1.29, 1.82) is 0 Å². The minimum absolute atomic E-state index is 0.0533. The first-order valence-corrected chi connectivity index (χ1v) is 5.43. The van der Waals surface area contributed by atoms with Gasteiger partial charge in [0.25, 0.3) is 0 Å². The Morgan fingerprint density at radius 3 is 2.21 bits per heavy atom. The lowest BCUT2D eigenvalue weighted by Crippen LogP contribution is -2.20. The molecular formula is C12H20O2. The van der Waals surface area contributed by atoms with Gasteiger partial charge in [0.05, 0.1) is 0 Å². The molecule has 0 aromatic heterocycles. The highest BCUT2D eigenvalue weighted by molar-refractivity contribution is 5.08. The van der Waals surface area contributed by atoms with E-state index in [-0.39, 0.29) is 6.29 Å². The van der Waals surface area contributed by atoms with Crippen LogP contribution in [0.1, 0.15) is 26.7 Å². The Bertz CT molecular complexity index is 178. The van der Waals surface area contributed by atoms with Gasteiger partial charge in [0.1, 0.15) is 0 Å². The van der Waals surface area contributed by atoms with Gasteiger partial charge in [-0.05, 0) is 26.2 Å². The molecular weight excluding hydrogens is 176 g/mol. The first-order valence-electron chi connectivity index (χ1n) is 5.43. The van der Waals surface area contributed by atoms with Crippen molar-refractivity contribution in [3.05, 3.63) is 24.3 Å². The summed E-state index contributed by atoms with van der Waals surface area (Å²) in [5.74, 6) is 0.479. The van der Waals surface area contributed by atoms with E-state index in [4.69, 9.17) is 9.47 Å². The van der Waals surface area contributed by atoms with Gasteiger partial charge < -0.3 is 9.47 Å². The van der Waals surface area contributed by atoms with Gasteiger partial charge in [0.2, 0.25) is 0 Å².